The van der Waals surface area contributed by atoms with Crippen molar-refractivity contribution in [2.45, 2.75) is 83.8 Å². The third-order valence-corrected chi connectivity index (χ3v) is 6.32. The van der Waals surface area contributed by atoms with E-state index in [1.165, 1.54) is 19.3 Å². The lowest BCUT2D eigenvalue weighted by molar-refractivity contribution is -0.137. The molecule has 0 bridgehead atoms. The van der Waals surface area contributed by atoms with Crippen LogP contribution in [0, 0.1) is 5.92 Å². The highest BCUT2D eigenvalue weighted by atomic mass is 16.5. The fraction of sp³-hybridized carbons (Fsp3) is 0.667. The maximum absolute atomic E-state index is 12.7. The smallest absolute Gasteiger partial charge is 0.260 e. The second kappa shape index (κ2) is 10.1. The second-order valence-electron chi connectivity index (χ2n) is 8.90. The van der Waals surface area contributed by atoms with Crippen molar-refractivity contribution in [3.05, 3.63) is 29.8 Å². The summed E-state index contributed by atoms with van der Waals surface area (Å²) >= 11 is 0. The maximum Gasteiger partial charge on any atom is 0.260 e. The Hall–Kier alpha value is -2.04. The van der Waals surface area contributed by atoms with Crippen molar-refractivity contribution < 1.29 is 14.3 Å². The molecular formula is C24H36N2O3. The van der Waals surface area contributed by atoms with E-state index in [4.69, 9.17) is 4.74 Å². The van der Waals surface area contributed by atoms with Crippen LogP contribution in [0.5, 0.6) is 5.75 Å². The van der Waals surface area contributed by atoms with E-state index in [0.717, 1.165) is 50.1 Å². The van der Waals surface area contributed by atoms with Crippen molar-refractivity contribution >= 4 is 11.8 Å². The van der Waals surface area contributed by atoms with Crippen LogP contribution in [-0.2, 0) is 9.59 Å². The molecule has 2 amide bonds. The Morgan fingerprint density at radius 2 is 1.66 bits per heavy atom. The Morgan fingerprint density at radius 1 is 1.00 bits per heavy atom. The van der Waals surface area contributed by atoms with Crippen LogP contribution >= 0.6 is 0 Å². The molecule has 2 fully saturated rings. The number of ether oxygens (including phenoxy) is 1. The first-order valence-corrected chi connectivity index (χ1v) is 11.3. The highest BCUT2D eigenvalue weighted by Gasteiger charge is 2.30. The van der Waals surface area contributed by atoms with Gasteiger partial charge < -0.3 is 15.0 Å². The van der Waals surface area contributed by atoms with Crippen LogP contribution in [-0.4, -0.2) is 41.9 Å². The van der Waals surface area contributed by atoms with Gasteiger partial charge in [0.1, 0.15) is 5.75 Å². The van der Waals surface area contributed by atoms with E-state index in [2.05, 4.69) is 19.2 Å². The Bertz CT molecular complexity index is 689. The SMILES string of the molecule is CC(Oc1ccccc1C(C)C)C(=O)NC1CCN(C(=O)C2CCCCC2)CC1. The molecular weight excluding hydrogens is 364 g/mol. The van der Waals surface area contributed by atoms with Gasteiger partial charge in [-0.05, 0) is 50.2 Å². The van der Waals surface area contributed by atoms with Crippen molar-refractivity contribution in [3.63, 3.8) is 0 Å². The van der Waals surface area contributed by atoms with Crippen molar-refractivity contribution in [3.8, 4) is 5.75 Å². The molecule has 1 aromatic carbocycles. The number of amides is 2. The monoisotopic (exact) mass is 400 g/mol. The Balaban J connectivity index is 1.46. The van der Waals surface area contributed by atoms with E-state index in [9.17, 15) is 9.59 Å². The van der Waals surface area contributed by atoms with Crippen LogP contribution in [0.15, 0.2) is 24.3 Å². The van der Waals surface area contributed by atoms with Crippen LogP contribution in [0.2, 0.25) is 0 Å². The Labute approximate surface area is 175 Å². The summed E-state index contributed by atoms with van der Waals surface area (Å²) < 4.78 is 5.97. The number of likely N-dealkylation sites (tertiary alicyclic amines) is 1. The molecule has 29 heavy (non-hydrogen) atoms. The van der Waals surface area contributed by atoms with Gasteiger partial charge in [0.25, 0.3) is 5.91 Å². The maximum atomic E-state index is 12.7. The van der Waals surface area contributed by atoms with E-state index in [-0.39, 0.29) is 17.9 Å². The third-order valence-electron chi connectivity index (χ3n) is 6.32. The normalized spacial score (nSPS) is 19.8. The molecule has 5 heteroatoms. The standard InChI is InChI=1S/C24H36N2O3/c1-17(2)21-11-7-8-12-22(21)29-18(3)23(27)25-20-13-15-26(16-14-20)24(28)19-9-5-4-6-10-19/h7-8,11-12,17-20H,4-6,9-10,13-16H2,1-3H3,(H,25,27). The van der Waals surface area contributed by atoms with Gasteiger partial charge in [-0.25, -0.2) is 0 Å². The predicted octanol–water partition coefficient (Wildman–Crippen LogP) is 4.26. The van der Waals surface area contributed by atoms with Gasteiger partial charge in [-0.3, -0.25) is 9.59 Å². The zero-order chi connectivity index (χ0) is 20.8. The van der Waals surface area contributed by atoms with Gasteiger partial charge in [-0.1, -0.05) is 51.3 Å². The number of piperidine rings is 1. The molecule has 5 nitrogen and oxygen atoms in total. The summed E-state index contributed by atoms with van der Waals surface area (Å²) in [4.78, 5) is 27.4. The van der Waals surface area contributed by atoms with Gasteiger partial charge in [-0.2, -0.15) is 0 Å². The summed E-state index contributed by atoms with van der Waals surface area (Å²) in [5.41, 5.74) is 1.11. The summed E-state index contributed by atoms with van der Waals surface area (Å²) in [6, 6.07) is 8.02. The first-order valence-electron chi connectivity index (χ1n) is 11.3. The zero-order valence-electron chi connectivity index (χ0n) is 18.2. The van der Waals surface area contributed by atoms with Gasteiger partial charge in [-0.15, -0.1) is 0 Å². The van der Waals surface area contributed by atoms with E-state index in [1.807, 2.05) is 29.2 Å². The van der Waals surface area contributed by atoms with E-state index >= 15 is 0 Å². The molecule has 1 N–H and O–H groups in total. The number of carbonyl (C=O) groups excluding carboxylic acids is 2. The largest absolute Gasteiger partial charge is 0.481 e. The van der Waals surface area contributed by atoms with Crippen LogP contribution < -0.4 is 10.1 Å². The number of hydrogen-bond donors (Lipinski definition) is 1. The molecule has 0 radical (unpaired) electrons. The number of hydrogen-bond acceptors (Lipinski definition) is 3. The lowest BCUT2D eigenvalue weighted by Gasteiger charge is -2.35. The zero-order valence-corrected chi connectivity index (χ0v) is 18.2. The highest BCUT2D eigenvalue weighted by Crippen LogP contribution is 2.28. The van der Waals surface area contributed by atoms with Crippen molar-refractivity contribution in [1.29, 1.82) is 0 Å². The Kier molecular flexibility index (Phi) is 7.57. The fourth-order valence-electron chi connectivity index (χ4n) is 4.48. The first-order chi connectivity index (χ1) is 14.0. The number of nitrogens with zero attached hydrogens (tertiary/aromatic N) is 1. The Morgan fingerprint density at radius 3 is 2.31 bits per heavy atom. The minimum Gasteiger partial charge on any atom is -0.481 e. The van der Waals surface area contributed by atoms with Gasteiger partial charge in [0.05, 0.1) is 0 Å². The summed E-state index contributed by atoms with van der Waals surface area (Å²) in [5.74, 6) is 1.59. The predicted molar refractivity (Wildman–Crippen MR) is 115 cm³/mol. The lowest BCUT2D eigenvalue weighted by atomic mass is 9.87. The van der Waals surface area contributed by atoms with Crippen LogP contribution in [0.25, 0.3) is 0 Å². The molecule has 1 atom stereocenters. The average Bonchev–Trinajstić information content (AvgIpc) is 2.74. The number of rotatable bonds is 6. The summed E-state index contributed by atoms with van der Waals surface area (Å²) in [6.45, 7) is 7.52. The highest BCUT2D eigenvalue weighted by molar-refractivity contribution is 5.81. The van der Waals surface area contributed by atoms with Gasteiger partial charge >= 0.3 is 0 Å². The number of para-hydroxylation sites is 1. The molecule has 3 rings (SSSR count). The fourth-order valence-corrected chi connectivity index (χ4v) is 4.48. The molecule has 1 saturated heterocycles. The van der Waals surface area contributed by atoms with Crippen LogP contribution in [0.3, 0.4) is 0 Å². The first kappa shape index (κ1) is 21.7. The van der Waals surface area contributed by atoms with Crippen LogP contribution in [0.1, 0.15) is 77.2 Å². The molecule has 160 valence electrons. The van der Waals surface area contributed by atoms with E-state index in [1.54, 1.807) is 6.92 Å². The molecule has 2 aliphatic rings. The van der Waals surface area contributed by atoms with Crippen molar-refractivity contribution in [2.24, 2.45) is 5.92 Å². The van der Waals surface area contributed by atoms with E-state index < -0.39 is 6.10 Å². The molecule has 1 saturated carbocycles. The summed E-state index contributed by atoms with van der Waals surface area (Å²) in [5, 5.41) is 3.12. The summed E-state index contributed by atoms with van der Waals surface area (Å²) in [7, 11) is 0. The van der Waals surface area contributed by atoms with Crippen molar-refractivity contribution in [1.82, 2.24) is 10.2 Å². The minimum atomic E-state index is -0.545. The third kappa shape index (κ3) is 5.74. The van der Waals surface area contributed by atoms with Gasteiger partial charge in [0.2, 0.25) is 5.91 Å². The number of carbonyl (C=O) groups is 2. The molecule has 0 spiro atoms. The molecule has 1 aliphatic heterocycles. The average molecular weight is 401 g/mol. The molecule has 0 aromatic heterocycles. The second-order valence-corrected chi connectivity index (χ2v) is 8.90. The summed E-state index contributed by atoms with van der Waals surface area (Å²) in [6.07, 6.45) is 6.81. The molecule has 1 aliphatic carbocycles. The number of nitrogens with one attached hydrogen (secondary N) is 1. The lowest BCUT2D eigenvalue weighted by Crippen LogP contribution is -2.50. The topological polar surface area (TPSA) is 58.6 Å². The van der Waals surface area contributed by atoms with E-state index in [0.29, 0.717) is 11.8 Å². The molecule has 1 heterocycles. The number of benzene rings is 1. The molecule has 1 unspecified atom stereocenters. The molecule has 1 aromatic rings. The minimum absolute atomic E-state index is 0.0828. The van der Waals surface area contributed by atoms with Gasteiger partial charge in [0.15, 0.2) is 6.10 Å². The quantitative estimate of drug-likeness (QED) is 0.776. The van der Waals surface area contributed by atoms with Gasteiger partial charge in [0, 0.05) is 25.0 Å². The van der Waals surface area contributed by atoms with Crippen LogP contribution in [0.4, 0.5) is 0 Å². The van der Waals surface area contributed by atoms with Crippen molar-refractivity contribution in [2.75, 3.05) is 13.1 Å².